The third-order valence-electron chi connectivity index (χ3n) is 3.10. The molecule has 122 valence electrons. The number of benzene rings is 2. The summed E-state index contributed by atoms with van der Waals surface area (Å²) in [7, 11) is 0. The standard InChI is InChI=1S/C18H16N2O2S2/c23-13-19-15-3-7-17(8-4-15)21-11-1-2-12-22-18-9-5-16(6-10-18)20-14-24/h3-10H,1-2,11-12H2. The summed E-state index contributed by atoms with van der Waals surface area (Å²) in [4.78, 5) is 7.78. The van der Waals surface area contributed by atoms with Crippen LogP contribution in [0, 0.1) is 0 Å². The van der Waals surface area contributed by atoms with Gasteiger partial charge < -0.3 is 9.47 Å². The van der Waals surface area contributed by atoms with Crippen molar-refractivity contribution in [2.24, 2.45) is 9.98 Å². The fourth-order valence-electron chi connectivity index (χ4n) is 1.92. The molecule has 2 rings (SSSR count). The number of ether oxygens (including phenoxy) is 2. The number of aliphatic imine (C=N–C) groups is 2. The van der Waals surface area contributed by atoms with Gasteiger partial charge in [0.1, 0.15) is 11.5 Å². The maximum atomic E-state index is 5.66. The van der Waals surface area contributed by atoms with Gasteiger partial charge in [-0.05, 0) is 85.8 Å². The molecule has 0 saturated heterocycles. The van der Waals surface area contributed by atoms with Gasteiger partial charge in [0.2, 0.25) is 0 Å². The van der Waals surface area contributed by atoms with Gasteiger partial charge in [-0.25, -0.2) is 0 Å². The Morgan fingerprint density at radius 3 is 1.38 bits per heavy atom. The molecule has 0 aliphatic carbocycles. The maximum absolute atomic E-state index is 5.66. The minimum Gasteiger partial charge on any atom is -0.494 e. The molecule has 0 atom stereocenters. The molecule has 0 fully saturated rings. The third kappa shape index (κ3) is 6.41. The minimum absolute atomic E-state index is 0.640. The van der Waals surface area contributed by atoms with Crippen LogP contribution in [0.15, 0.2) is 58.5 Å². The van der Waals surface area contributed by atoms with Crippen LogP contribution in [0.2, 0.25) is 0 Å². The van der Waals surface area contributed by atoms with Crippen LogP contribution in [0.25, 0.3) is 0 Å². The molecule has 0 amide bonds. The number of hydrogen-bond acceptors (Lipinski definition) is 6. The van der Waals surface area contributed by atoms with Crippen LogP contribution < -0.4 is 9.47 Å². The van der Waals surface area contributed by atoms with Gasteiger partial charge in [-0.15, -0.1) is 0 Å². The van der Waals surface area contributed by atoms with E-state index < -0.39 is 0 Å². The van der Waals surface area contributed by atoms with Gasteiger partial charge in [0, 0.05) is 0 Å². The third-order valence-corrected chi connectivity index (χ3v) is 3.28. The van der Waals surface area contributed by atoms with Crippen LogP contribution in [-0.2, 0) is 0 Å². The van der Waals surface area contributed by atoms with Crippen molar-refractivity contribution in [3.8, 4) is 11.5 Å². The Morgan fingerprint density at radius 2 is 1.04 bits per heavy atom. The van der Waals surface area contributed by atoms with E-state index in [1.54, 1.807) is 0 Å². The first-order valence-electron chi connectivity index (χ1n) is 7.43. The highest BCUT2D eigenvalue weighted by molar-refractivity contribution is 7.78. The molecule has 0 aliphatic heterocycles. The summed E-state index contributed by atoms with van der Waals surface area (Å²) in [5.74, 6) is 1.63. The number of hydrogen-bond donors (Lipinski definition) is 0. The van der Waals surface area contributed by atoms with E-state index >= 15 is 0 Å². The van der Waals surface area contributed by atoms with E-state index in [9.17, 15) is 0 Å². The Bertz CT molecular complexity index is 667. The Labute approximate surface area is 151 Å². The first kappa shape index (κ1) is 18.0. The second-order valence-corrected chi connectivity index (χ2v) is 5.16. The van der Waals surface area contributed by atoms with Crippen LogP contribution in [0.4, 0.5) is 11.4 Å². The van der Waals surface area contributed by atoms with Crippen molar-refractivity contribution in [1.29, 1.82) is 0 Å². The lowest BCUT2D eigenvalue weighted by molar-refractivity contribution is 0.266. The van der Waals surface area contributed by atoms with Crippen molar-refractivity contribution in [3.05, 3.63) is 48.5 Å². The van der Waals surface area contributed by atoms with E-state index in [0.29, 0.717) is 13.2 Å². The van der Waals surface area contributed by atoms with E-state index in [2.05, 4.69) is 44.7 Å². The van der Waals surface area contributed by atoms with E-state index in [4.69, 9.17) is 9.47 Å². The fourth-order valence-corrected chi connectivity index (χ4v) is 2.13. The number of rotatable bonds is 9. The molecule has 2 aromatic rings. The predicted octanol–water partition coefficient (Wildman–Crippen LogP) is 5.39. The van der Waals surface area contributed by atoms with Crippen molar-refractivity contribution in [1.82, 2.24) is 0 Å². The summed E-state index contributed by atoms with van der Waals surface area (Å²) >= 11 is 9.12. The number of nitrogens with zero attached hydrogens (tertiary/aromatic N) is 2. The van der Waals surface area contributed by atoms with Crippen molar-refractivity contribution in [3.63, 3.8) is 0 Å². The smallest absolute Gasteiger partial charge is 0.119 e. The Balaban J connectivity index is 1.62. The molecule has 4 nitrogen and oxygen atoms in total. The van der Waals surface area contributed by atoms with Gasteiger partial charge in [-0.1, -0.05) is 0 Å². The molecule has 0 radical (unpaired) electrons. The van der Waals surface area contributed by atoms with E-state index in [-0.39, 0.29) is 0 Å². The topological polar surface area (TPSA) is 43.2 Å². The minimum atomic E-state index is 0.640. The van der Waals surface area contributed by atoms with Crippen LogP contribution >= 0.6 is 24.4 Å². The van der Waals surface area contributed by atoms with Crippen molar-refractivity contribution >= 4 is 46.1 Å². The monoisotopic (exact) mass is 356 g/mol. The molecule has 0 spiro atoms. The van der Waals surface area contributed by atoms with E-state index in [1.165, 1.54) is 0 Å². The quantitative estimate of drug-likeness (QED) is 0.343. The molecular weight excluding hydrogens is 340 g/mol. The zero-order chi connectivity index (χ0) is 17.0. The molecule has 0 heterocycles. The SMILES string of the molecule is S=C=Nc1ccc(OCCCCOc2ccc(N=C=S)cc2)cc1. The zero-order valence-electron chi connectivity index (χ0n) is 13.0. The van der Waals surface area contributed by atoms with Crippen molar-refractivity contribution in [2.75, 3.05) is 13.2 Å². The molecule has 0 bridgehead atoms. The normalized spacial score (nSPS) is 9.50. The summed E-state index contributed by atoms with van der Waals surface area (Å²) in [6.45, 7) is 1.28. The van der Waals surface area contributed by atoms with E-state index in [0.717, 1.165) is 35.7 Å². The van der Waals surface area contributed by atoms with Gasteiger partial charge in [-0.2, -0.15) is 9.98 Å². The van der Waals surface area contributed by atoms with Crippen LogP contribution in [0.1, 0.15) is 12.8 Å². The Morgan fingerprint density at radius 1 is 0.667 bits per heavy atom. The molecule has 24 heavy (non-hydrogen) atoms. The average Bonchev–Trinajstić information content (AvgIpc) is 2.61. The fraction of sp³-hybridized carbons (Fsp3) is 0.222. The van der Waals surface area contributed by atoms with E-state index in [1.807, 2.05) is 48.5 Å². The molecule has 0 unspecified atom stereocenters. The van der Waals surface area contributed by atoms with Gasteiger partial charge in [0.05, 0.1) is 34.9 Å². The van der Waals surface area contributed by atoms with Crippen molar-refractivity contribution < 1.29 is 9.47 Å². The number of thiocarbonyl (C=S) groups is 2. The lowest BCUT2D eigenvalue weighted by atomic mass is 10.3. The molecular formula is C18H16N2O2S2. The van der Waals surface area contributed by atoms with Crippen LogP contribution in [0.3, 0.4) is 0 Å². The Hall–Kier alpha value is -2.36. The first-order chi connectivity index (χ1) is 11.8. The summed E-state index contributed by atoms with van der Waals surface area (Å²) in [6.07, 6.45) is 1.82. The molecule has 0 aliphatic rings. The molecule has 0 N–H and O–H groups in total. The summed E-state index contributed by atoms with van der Waals surface area (Å²) in [6, 6.07) is 14.8. The highest BCUT2D eigenvalue weighted by atomic mass is 32.1. The van der Waals surface area contributed by atoms with Gasteiger partial charge in [-0.3, -0.25) is 0 Å². The second kappa shape index (κ2) is 10.4. The number of unbranched alkanes of at least 4 members (excludes halogenated alkanes) is 1. The lowest BCUT2D eigenvalue weighted by Crippen LogP contribution is -2.02. The van der Waals surface area contributed by atoms with Crippen LogP contribution in [0.5, 0.6) is 11.5 Å². The lowest BCUT2D eigenvalue weighted by Gasteiger charge is -2.08. The van der Waals surface area contributed by atoms with Crippen LogP contribution in [-0.4, -0.2) is 23.5 Å². The first-order valence-corrected chi connectivity index (χ1v) is 8.25. The maximum Gasteiger partial charge on any atom is 0.119 e. The summed E-state index contributed by atoms with van der Waals surface area (Å²) < 4.78 is 11.3. The molecule has 0 saturated carbocycles. The second-order valence-electron chi connectivity index (χ2n) is 4.80. The highest BCUT2D eigenvalue weighted by Gasteiger charge is 1.97. The highest BCUT2D eigenvalue weighted by Crippen LogP contribution is 2.19. The van der Waals surface area contributed by atoms with Gasteiger partial charge in [0.25, 0.3) is 0 Å². The molecule has 6 heteroatoms. The molecule has 2 aromatic carbocycles. The Kier molecular flexibility index (Phi) is 7.81. The summed E-state index contributed by atoms with van der Waals surface area (Å²) in [5, 5.41) is 4.67. The summed E-state index contributed by atoms with van der Waals surface area (Å²) in [5.41, 5.74) is 1.54. The predicted molar refractivity (Wildman–Crippen MR) is 102 cm³/mol. The average molecular weight is 356 g/mol. The van der Waals surface area contributed by atoms with Crippen molar-refractivity contribution in [2.45, 2.75) is 12.8 Å². The number of isothiocyanates is 2. The van der Waals surface area contributed by atoms with Gasteiger partial charge >= 0.3 is 0 Å². The largest absolute Gasteiger partial charge is 0.494 e. The van der Waals surface area contributed by atoms with Gasteiger partial charge in [0.15, 0.2) is 0 Å². The molecule has 0 aromatic heterocycles. The zero-order valence-corrected chi connectivity index (χ0v) is 14.6.